The molecule has 158 valence electrons. The number of ether oxygens (including phenoxy) is 2. The van der Waals surface area contributed by atoms with E-state index in [0.29, 0.717) is 42.4 Å². The first-order chi connectivity index (χ1) is 13.9. The lowest BCUT2D eigenvalue weighted by atomic mass is 10.3. The number of morpholine rings is 1. The standard InChI is InChI=1S/C18H26FN6O3P/c1-27-17-14(4-5-15(23-17)29(2,3)26)22-18-20-11-13(10-19)16(24-18)21-12-25-6-8-28-9-7-25/h4-5,11H,6-10,12H2,1-3H3,(H2,20,21,22,24). The molecule has 1 saturated heterocycles. The highest BCUT2D eigenvalue weighted by Gasteiger charge is 2.17. The summed E-state index contributed by atoms with van der Waals surface area (Å²) in [7, 11) is -1.04. The van der Waals surface area contributed by atoms with Crippen molar-refractivity contribution in [2.45, 2.75) is 6.67 Å². The van der Waals surface area contributed by atoms with Crippen LogP contribution in [0.15, 0.2) is 18.3 Å². The molecule has 0 aromatic carbocycles. The Kier molecular flexibility index (Phi) is 7.00. The van der Waals surface area contributed by atoms with Gasteiger partial charge in [-0.1, -0.05) is 0 Å². The van der Waals surface area contributed by atoms with Gasteiger partial charge in [0.2, 0.25) is 11.8 Å². The molecule has 1 fully saturated rings. The molecule has 0 spiro atoms. The van der Waals surface area contributed by atoms with E-state index in [1.54, 1.807) is 25.5 Å². The van der Waals surface area contributed by atoms with Gasteiger partial charge in [-0.3, -0.25) is 4.90 Å². The second-order valence-electron chi connectivity index (χ2n) is 6.97. The van der Waals surface area contributed by atoms with Crippen molar-refractivity contribution in [3.05, 3.63) is 23.9 Å². The number of hydrogen-bond donors (Lipinski definition) is 2. The van der Waals surface area contributed by atoms with E-state index in [9.17, 15) is 8.96 Å². The van der Waals surface area contributed by atoms with Crippen LogP contribution in [-0.4, -0.2) is 73.3 Å². The minimum Gasteiger partial charge on any atom is -0.479 e. The number of alkyl halides is 1. The Hall–Kier alpha value is -2.29. The average Bonchev–Trinajstić information content (AvgIpc) is 2.72. The average molecular weight is 424 g/mol. The first-order valence-corrected chi connectivity index (χ1v) is 11.8. The van der Waals surface area contributed by atoms with Gasteiger partial charge in [-0.15, -0.1) is 0 Å². The molecule has 3 rings (SSSR count). The Bertz CT molecular complexity index is 888. The van der Waals surface area contributed by atoms with Crippen LogP contribution < -0.4 is 20.8 Å². The minimum atomic E-state index is -2.52. The van der Waals surface area contributed by atoms with Crippen LogP contribution in [0, 0.1) is 0 Å². The summed E-state index contributed by atoms with van der Waals surface area (Å²) in [6.07, 6.45) is 1.44. The molecule has 0 amide bonds. The number of nitrogens with zero attached hydrogens (tertiary/aromatic N) is 4. The Labute approximate surface area is 169 Å². The van der Waals surface area contributed by atoms with Crippen LogP contribution in [0.4, 0.5) is 21.8 Å². The van der Waals surface area contributed by atoms with E-state index in [-0.39, 0.29) is 11.8 Å². The van der Waals surface area contributed by atoms with Gasteiger partial charge in [-0.25, -0.2) is 14.4 Å². The zero-order valence-electron chi connectivity index (χ0n) is 16.8. The third-order valence-electron chi connectivity index (χ3n) is 4.42. The third kappa shape index (κ3) is 5.62. The molecule has 9 nitrogen and oxygen atoms in total. The summed E-state index contributed by atoms with van der Waals surface area (Å²) in [6, 6.07) is 3.40. The van der Waals surface area contributed by atoms with Crippen molar-refractivity contribution in [3.8, 4) is 5.88 Å². The van der Waals surface area contributed by atoms with E-state index in [2.05, 4.69) is 30.5 Å². The smallest absolute Gasteiger partial charge is 0.238 e. The van der Waals surface area contributed by atoms with Gasteiger partial charge in [0.1, 0.15) is 30.8 Å². The number of methoxy groups -OCH3 is 1. The fraction of sp³-hybridized carbons (Fsp3) is 0.500. The molecule has 2 aromatic heterocycles. The highest BCUT2D eigenvalue weighted by molar-refractivity contribution is 7.69. The van der Waals surface area contributed by atoms with Crippen molar-refractivity contribution in [1.29, 1.82) is 0 Å². The van der Waals surface area contributed by atoms with Gasteiger partial charge in [0.05, 0.1) is 27.0 Å². The van der Waals surface area contributed by atoms with Crippen molar-refractivity contribution in [2.24, 2.45) is 0 Å². The lowest BCUT2D eigenvalue weighted by molar-refractivity contribution is 0.0414. The number of rotatable bonds is 8. The molecular weight excluding hydrogens is 398 g/mol. The van der Waals surface area contributed by atoms with E-state index < -0.39 is 13.8 Å². The number of anilines is 3. The molecule has 3 heterocycles. The molecule has 0 atom stereocenters. The minimum absolute atomic E-state index is 0.274. The van der Waals surface area contributed by atoms with E-state index in [4.69, 9.17) is 9.47 Å². The predicted octanol–water partition coefficient (Wildman–Crippen LogP) is 2.04. The topological polar surface area (TPSA) is 102 Å². The quantitative estimate of drug-likeness (QED) is 0.617. The maximum atomic E-state index is 13.4. The zero-order chi connectivity index (χ0) is 20.9. The van der Waals surface area contributed by atoms with Crippen LogP contribution in [0.1, 0.15) is 5.56 Å². The molecule has 2 N–H and O–H groups in total. The van der Waals surface area contributed by atoms with Gasteiger partial charge >= 0.3 is 0 Å². The van der Waals surface area contributed by atoms with Crippen molar-refractivity contribution in [1.82, 2.24) is 19.9 Å². The number of nitrogens with one attached hydrogen (secondary N) is 2. The number of pyridine rings is 1. The summed E-state index contributed by atoms with van der Waals surface area (Å²) < 4.78 is 36.3. The van der Waals surface area contributed by atoms with E-state index in [1.165, 1.54) is 13.3 Å². The van der Waals surface area contributed by atoms with Crippen LogP contribution in [0.2, 0.25) is 0 Å². The highest BCUT2D eigenvalue weighted by Crippen LogP contribution is 2.35. The second kappa shape index (κ2) is 9.47. The number of hydrogen-bond acceptors (Lipinski definition) is 9. The van der Waals surface area contributed by atoms with Gasteiger partial charge in [-0.2, -0.15) is 4.98 Å². The molecule has 2 aromatic rings. The van der Waals surface area contributed by atoms with Crippen LogP contribution in [0.3, 0.4) is 0 Å². The van der Waals surface area contributed by atoms with Gasteiger partial charge < -0.3 is 24.7 Å². The van der Waals surface area contributed by atoms with Gasteiger partial charge in [0.15, 0.2) is 0 Å². The summed E-state index contributed by atoms with van der Waals surface area (Å²) in [5.41, 5.74) is 1.38. The van der Waals surface area contributed by atoms with E-state index in [0.717, 1.165) is 13.1 Å². The van der Waals surface area contributed by atoms with Crippen molar-refractivity contribution in [3.63, 3.8) is 0 Å². The van der Waals surface area contributed by atoms with Crippen molar-refractivity contribution in [2.75, 3.05) is 64.0 Å². The predicted molar refractivity (Wildman–Crippen MR) is 111 cm³/mol. The van der Waals surface area contributed by atoms with Gasteiger partial charge in [0, 0.05) is 24.8 Å². The Balaban J connectivity index is 1.77. The van der Waals surface area contributed by atoms with Crippen LogP contribution in [0.25, 0.3) is 0 Å². The molecule has 11 heteroatoms. The number of halogens is 1. The fourth-order valence-corrected chi connectivity index (χ4v) is 3.53. The molecule has 0 aliphatic carbocycles. The first kappa shape index (κ1) is 21.4. The zero-order valence-corrected chi connectivity index (χ0v) is 17.7. The summed E-state index contributed by atoms with van der Waals surface area (Å²) in [5.74, 6) is 0.981. The lowest BCUT2D eigenvalue weighted by Crippen LogP contribution is -2.39. The molecule has 0 saturated carbocycles. The second-order valence-corrected chi connectivity index (χ2v) is 10.1. The Morgan fingerprint density at radius 3 is 2.69 bits per heavy atom. The highest BCUT2D eigenvalue weighted by atomic mass is 31.2. The normalized spacial score (nSPS) is 15.2. The van der Waals surface area contributed by atoms with Gasteiger partial charge in [-0.05, 0) is 25.5 Å². The Morgan fingerprint density at radius 2 is 2.03 bits per heavy atom. The summed E-state index contributed by atoms with van der Waals surface area (Å²) in [5, 5.41) is 6.21. The molecular formula is C18H26FN6O3P. The summed E-state index contributed by atoms with van der Waals surface area (Å²) in [6.45, 7) is 6.13. The molecule has 0 radical (unpaired) electrons. The fourth-order valence-electron chi connectivity index (χ4n) is 2.77. The first-order valence-electron chi connectivity index (χ1n) is 9.24. The van der Waals surface area contributed by atoms with Crippen LogP contribution in [0.5, 0.6) is 5.88 Å². The largest absolute Gasteiger partial charge is 0.479 e. The SMILES string of the molecule is COc1nc(P(C)(C)=O)ccc1Nc1ncc(CF)c(NCN2CCOCC2)n1. The Morgan fingerprint density at radius 1 is 1.28 bits per heavy atom. The van der Waals surface area contributed by atoms with Crippen molar-refractivity contribution >= 4 is 30.0 Å². The van der Waals surface area contributed by atoms with E-state index in [1.807, 2.05) is 0 Å². The lowest BCUT2D eigenvalue weighted by Gasteiger charge is -2.27. The molecule has 29 heavy (non-hydrogen) atoms. The molecule has 0 bridgehead atoms. The molecule has 1 aliphatic heterocycles. The van der Waals surface area contributed by atoms with E-state index >= 15 is 0 Å². The monoisotopic (exact) mass is 424 g/mol. The maximum Gasteiger partial charge on any atom is 0.238 e. The molecule has 1 aliphatic rings. The molecule has 0 unspecified atom stereocenters. The van der Waals surface area contributed by atoms with Crippen molar-refractivity contribution < 1.29 is 18.4 Å². The number of aromatic nitrogens is 3. The maximum absolute atomic E-state index is 13.4. The van der Waals surface area contributed by atoms with Gasteiger partial charge in [0.25, 0.3) is 0 Å². The van der Waals surface area contributed by atoms with Crippen LogP contribution >= 0.6 is 7.14 Å². The van der Waals surface area contributed by atoms with Crippen LogP contribution in [-0.2, 0) is 16.0 Å². The third-order valence-corrected chi connectivity index (χ3v) is 5.77. The summed E-state index contributed by atoms with van der Waals surface area (Å²) in [4.78, 5) is 15.1. The summed E-state index contributed by atoms with van der Waals surface area (Å²) >= 11 is 0.